The van der Waals surface area contributed by atoms with Gasteiger partial charge in [-0.05, 0) is 56.3 Å². The highest BCUT2D eigenvalue weighted by Crippen LogP contribution is 2.47. The molecule has 0 aromatic heterocycles. The summed E-state index contributed by atoms with van der Waals surface area (Å²) in [5.74, 6) is 0. The van der Waals surface area contributed by atoms with Crippen LogP contribution < -0.4 is 11.1 Å². The molecule has 1 aliphatic heterocycles. The number of rotatable bonds is 2. The van der Waals surface area contributed by atoms with Crippen molar-refractivity contribution in [3.63, 3.8) is 0 Å². The first-order chi connectivity index (χ1) is 9.22. The van der Waals surface area contributed by atoms with Crippen LogP contribution in [0.4, 0.5) is 0 Å². The number of aliphatic hydroxyl groups is 1. The number of hydrogen-bond acceptors (Lipinski definition) is 3. The molecule has 0 saturated carbocycles. The molecule has 0 bridgehead atoms. The van der Waals surface area contributed by atoms with Crippen molar-refractivity contribution in [3.05, 3.63) is 35.4 Å². The zero-order chi connectivity index (χ0) is 13.3. The van der Waals surface area contributed by atoms with Crippen LogP contribution in [0.2, 0.25) is 0 Å². The van der Waals surface area contributed by atoms with Crippen molar-refractivity contribution in [3.8, 4) is 0 Å². The summed E-state index contributed by atoms with van der Waals surface area (Å²) in [5.41, 5.74) is 7.97. The highest BCUT2D eigenvalue weighted by atomic mass is 16.3. The fraction of sp³-hybridized carbons (Fsp3) is 0.625. The molecule has 3 nitrogen and oxygen atoms in total. The van der Waals surface area contributed by atoms with E-state index in [1.54, 1.807) is 0 Å². The fourth-order valence-electron chi connectivity index (χ4n) is 4.12. The molecule has 0 amide bonds. The summed E-state index contributed by atoms with van der Waals surface area (Å²) in [6, 6.07) is 8.56. The molecule has 1 fully saturated rings. The Morgan fingerprint density at radius 3 is 2.63 bits per heavy atom. The lowest BCUT2D eigenvalue weighted by Gasteiger charge is -2.52. The fourth-order valence-corrected chi connectivity index (χ4v) is 4.12. The molecule has 3 rings (SSSR count). The van der Waals surface area contributed by atoms with Crippen molar-refractivity contribution in [2.45, 2.75) is 43.1 Å². The van der Waals surface area contributed by atoms with Crippen LogP contribution in [0, 0.1) is 0 Å². The Bertz CT molecular complexity index is 454. The van der Waals surface area contributed by atoms with Crippen LogP contribution >= 0.6 is 0 Å². The summed E-state index contributed by atoms with van der Waals surface area (Å²) in [6.07, 6.45) is 4.87. The minimum absolute atomic E-state index is 0.246. The van der Waals surface area contributed by atoms with E-state index in [1.807, 2.05) is 0 Å². The maximum absolute atomic E-state index is 11.3. The predicted molar refractivity (Wildman–Crippen MR) is 77.2 cm³/mol. The van der Waals surface area contributed by atoms with E-state index >= 15 is 0 Å². The van der Waals surface area contributed by atoms with Gasteiger partial charge in [-0.1, -0.05) is 24.3 Å². The third kappa shape index (κ3) is 1.92. The minimum atomic E-state index is -0.649. The first-order valence-electron chi connectivity index (χ1n) is 7.43. The molecule has 0 spiro atoms. The van der Waals surface area contributed by atoms with E-state index in [1.165, 1.54) is 11.1 Å². The molecule has 0 radical (unpaired) electrons. The number of piperidine rings is 1. The largest absolute Gasteiger partial charge is 0.389 e. The van der Waals surface area contributed by atoms with Gasteiger partial charge in [-0.2, -0.15) is 0 Å². The second kappa shape index (κ2) is 4.89. The van der Waals surface area contributed by atoms with Crippen LogP contribution in [-0.4, -0.2) is 30.3 Å². The lowest BCUT2D eigenvalue weighted by Crippen LogP contribution is -2.61. The summed E-state index contributed by atoms with van der Waals surface area (Å²) in [7, 11) is 0. The summed E-state index contributed by atoms with van der Waals surface area (Å²) < 4.78 is 0. The maximum atomic E-state index is 11.3. The Labute approximate surface area is 115 Å². The van der Waals surface area contributed by atoms with E-state index in [-0.39, 0.29) is 5.41 Å². The van der Waals surface area contributed by atoms with Crippen LogP contribution in [-0.2, 0) is 11.8 Å². The van der Waals surface area contributed by atoms with E-state index in [2.05, 4.69) is 29.6 Å². The molecule has 19 heavy (non-hydrogen) atoms. The highest BCUT2D eigenvalue weighted by Gasteiger charge is 2.52. The lowest BCUT2D eigenvalue weighted by atomic mass is 9.58. The van der Waals surface area contributed by atoms with Crippen molar-refractivity contribution in [1.29, 1.82) is 0 Å². The van der Waals surface area contributed by atoms with Gasteiger partial charge in [0, 0.05) is 12.0 Å². The van der Waals surface area contributed by atoms with Gasteiger partial charge in [-0.25, -0.2) is 0 Å². The monoisotopic (exact) mass is 260 g/mol. The first kappa shape index (κ1) is 13.1. The molecule has 1 aliphatic carbocycles. The van der Waals surface area contributed by atoms with Crippen molar-refractivity contribution in [2.24, 2.45) is 5.73 Å². The molecule has 104 valence electrons. The molecule has 1 heterocycles. The molecule has 2 aliphatic rings. The van der Waals surface area contributed by atoms with Crippen LogP contribution in [0.15, 0.2) is 24.3 Å². The number of aryl methyl sites for hydroxylation is 1. The lowest BCUT2D eigenvalue weighted by molar-refractivity contribution is -0.0675. The number of fused-ring (bicyclic) bond motifs is 1. The Hall–Kier alpha value is -0.900. The summed E-state index contributed by atoms with van der Waals surface area (Å²) in [6.45, 7) is 2.32. The van der Waals surface area contributed by atoms with Crippen LogP contribution in [0.3, 0.4) is 0 Å². The predicted octanol–water partition coefficient (Wildman–Crippen LogP) is 1.33. The summed E-state index contributed by atoms with van der Waals surface area (Å²) >= 11 is 0. The van der Waals surface area contributed by atoms with E-state index < -0.39 is 5.60 Å². The van der Waals surface area contributed by atoms with Gasteiger partial charge < -0.3 is 16.2 Å². The number of benzene rings is 1. The molecule has 1 aromatic rings. The van der Waals surface area contributed by atoms with E-state index in [9.17, 15) is 5.11 Å². The molecular weight excluding hydrogens is 236 g/mol. The van der Waals surface area contributed by atoms with E-state index in [4.69, 9.17) is 5.73 Å². The average molecular weight is 260 g/mol. The van der Waals surface area contributed by atoms with E-state index in [0.717, 1.165) is 45.2 Å². The molecule has 1 atom stereocenters. The topological polar surface area (TPSA) is 58.3 Å². The normalized spacial score (nSPS) is 29.8. The Balaban J connectivity index is 2.09. The molecule has 1 unspecified atom stereocenters. The zero-order valence-electron chi connectivity index (χ0n) is 11.5. The van der Waals surface area contributed by atoms with Gasteiger partial charge in [0.15, 0.2) is 0 Å². The van der Waals surface area contributed by atoms with Gasteiger partial charge in [0.25, 0.3) is 0 Å². The number of nitrogens with one attached hydrogen (secondary N) is 1. The number of nitrogens with two attached hydrogens (primary N) is 1. The summed E-state index contributed by atoms with van der Waals surface area (Å²) in [5, 5.41) is 14.6. The third-order valence-electron chi connectivity index (χ3n) is 5.25. The van der Waals surface area contributed by atoms with Gasteiger partial charge in [0.05, 0.1) is 5.60 Å². The third-order valence-corrected chi connectivity index (χ3v) is 5.25. The Kier molecular flexibility index (Phi) is 3.37. The Morgan fingerprint density at radius 1 is 1.16 bits per heavy atom. The highest BCUT2D eigenvalue weighted by molar-refractivity contribution is 5.40. The van der Waals surface area contributed by atoms with Crippen molar-refractivity contribution in [2.75, 3.05) is 19.6 Å². The second-order valence-corrected chi connectivity index (χ2v) is 6.08. The molecular formula is C16H24N2O. The molecule has 1 saturated heterocycles. The van der Waals surface area contributed by atoms with Gasteiger partial charge in [-0.15, -0.1) is 0 Å². The van der Waals surface area contributed by atoms with Gasteiger partial charge in [0.2, 0.25) is 0 Å². The zero-order valence-corrected chi connectivity index (χ0v) is 11.5. The molecule has 4 N–H and O–H groups in total. The van der Waals surface area contributed by atoms with Crippen molar-refractivity contribution >= 4 is 0 Å². The second-order valence-electron chi connectivity index (χ2n) is 6.08. The van der Waals surface area contributed by atoms with Crippen LogP contribution in [0.25, 0.3) is 0 Å². The van der Waals surface area contributed by atoms with Crippen LogP contribution in [0.5, 0.6) is 0 Å². The smallest absolute Gasteiger partial charge is 0.0780 e. The molecule has 1 aromatic carbocycles. The summed E-state index contributed by atoms with van der Waals surface area (Å²) in [4.78, 5) is 0. The quantitative estimate of drug-likeness (QED) is 0.752. The van der Waals surface area contributed by atoms with Gasteiger partial charge in [0.1, 0.15) is 0 Å². The van der Waals surface area contributed by atoms with Gasteiger partial charge in [-0.3, -0.25) is 0 Å². The molecule has 3 heteroatoms. The first-order valence-corrected chi connectivity index (χ1v) is 7.43. The van der Waals surface area contributed by atoms with Crippen molar-refractivity contribution < 1.29 is 5.11 Å². The SMILES string of the molecule is NCC1(C2(O)CCNCC2)CCCc2ccccc21. The van der Waals surface area contributed by atoms with Crippen molar-refractivity contribution in [1.82, 2.24) is 5.32 Å². The van der Waals surface area contributed by atoms with Gasteiger partial charge >= 0.3 is 0 Å². The van der Waals surface area contributed by atoms with E-state index in [0.29, 0.717) is 6.54 Å². The van der Waals surface area contributed by atoms with Crippen LogP contribution in [0.1, 0.15) is 36.8 Å². The Morgan fingerprint density at radius 2 is 1.89 bits per heavy atom. The minimum Gasteiger partial charge on any atom is -0.389 e. The standard InChI is InChI=1S/C16H24N2O/c17-12-15(16(19)8-10-18-11-9-16)7-3-5-13-4-1-2-6-14(13)15/h1-2,4,6,18-19H,3,5,7-12,17H2. The maximum Gasteiger partial charge on any atom is 0.0780 e. The average Bonchev–Trinajstić information content (AvgIpc) is 2.47. The number of hydrogen-bond donors (Lipinski definition) is 3.